The summed E-state index contributed by atoms with van der Waals surface area (Å²) < 4.78 is 17.7. The van der Waals surface area contributed by atoms with E-state index < -0.39 is 12.2 Å². The molecule has 80 valence electrons. The van der Waals surface area contributed by atoms with Gasteiger partial charge in [0.15, 0.2) is 0 Å². The highest BCUT2D eigenvalue weighted by molar-refractivity contribution is 5.76. The molecule has 1 rings (SSSR count). The Bertz CT molecular complexity index is 220. The zero-order valence-electron chi connectivity index (χ0n) is 8.41. The molecule has 0 saturated carbocycles. The summed E-state index contributed by atoms with van der Waals surface area (Å²) in [4.78, 5) is 13.1. The van der Waals surface area contributed by atoms with Crippen LogP contribution >= 0.6 is 0 Å². The van der Waals surface area contributed by atoms with Gasteiger partial charge in [0.1, 0.15) is 12.2 Å². The summed E-state index contributed by atoms with van der Waals surface area (Å²) in [6.07, 6.45) is 1.87. The topological polar surface area (TPSA) is 29.5 Å². The zero-order valence-corrected chi connectivity index (χ0v) is 8.41. The number of hydrogen-bond donors (Lipinski definition) is 0. The Balaban J connectivity index is 2.53. The minimum atomic E-state index is -0.913. The summed E-state index contributed by atoms with van der Waals surface area (Å²) >= 11 is 0. The molecule has 1 saturated heterocycles. The van der Waals surface area contributed by atoms with Gasteiger partial charge in [-0.2, -0.15) is 0 Å². The van der Waals surface area contributed by atoms with Crippen molar-refractivity contribution >= 4 is 5.97 Å². The smallest absolute Gasteiger partial charge is 0.323 e. The maximum Gasteiger partial charge on any atom is 0.323 e. The van der Waals surface area contributed by atoms with Crippen LogP contribution in [0.3, 0.4) is 0 Å². The zero-order chi connectivity index (χ0) is 10.6. The summed E-state index contributed by atoms with van der Waals surface area (Å²) in [6, 6.07) is -0.407. The molecule has 0 aromatic carbocycles. The number of carbonyl (C=O) groups is 1. The van der Waals surface area contributed by atoms with E-state index in [1.54, 1.807) is 6.08 Å². The van der Waals surface area contributed by atoms with Crippen molar-refractivity contribution < 1.29 is 13.9 Å². The quantitative estimate of drug-likeness (QED) is 0.504. The number of methoxy groups -OCH3 is 1. The second kappa shape index (κ2) is 5.10. The van der Waals surface area contributed by atoms with E-state index in [1.807, 2.05) is 4.90 Å². The molecule has 0 aromatic heterocycles. The second-order valence-electron chi connectivity index (χ2n) is 3.44. The van der Waals surface area contributed by atoms with Gasteiger partial charge in [-0.05, 0) is 6.42 Å². The molecule has 1 aliphatic heterocycles. The molecule has 0 aliphatic carbocycles. The molecule has 3 nitrogen and oxygen atoms in total. The van der Waals surface area contributed by atoms with E-state index in [0.29, 0.717) is 13.1 Å². The van der Waals surface area contributed by atoms with Crippen LogP contribution in [0, 0.1) is 0 Å². The summed E-state index contributed by atoms with van der Waals surface area (Å²) in [5.41, 5.74) is 0. The van der Waals surface area contributed by atoms with Crippen molar-refractivity contribution in [1.82, 2.24) is 4.90 Å². The normalized spacial score (nSPS) is 27.6. The third kappa shape index (κ3) is 2.54. The largest absolute Gasteiger partial charge is 0.468 e. The third-order valence-electron chi connectivity index (χ3n) is 2.45. The molecule has 0 radical (unpaired) electrons. The molecule has 0 aromatic rings. The van der Waals surface area contributed by atoms with Crippen molar-refractivity contribution in [2.24, 2.45) is 0 Å². The van der Waals surface area contributed by atoms with Crippen LogP contribution in [-0.4, -0.2) is 43.3 Å². The molecule has 0 amide bonds. The van der Waals surface area contributed by atoms with E-state index in [0.717, 1.165) is 6.42 Å². The van der Waals surface area contributed by atoms with E-state index >= 15 is 0 Å². The molecule has 14 heavy (non-hydrogen) atoms. The van der Waals surface area contributed by atoms with E-state index in [1.165, 1.54) is 7.11 Å². The molecule has 0 spiro atoms. The minimum Gasteiger partial charge on any atom is -0.468 e. The van der Waals surface area contributed by atoms with Gasteiger partial charge < -0.3 is 4.74 Å². The standard InChI is InChI=1S/C10H16FNO2/c1-3-4-5-12-7-8(11)6-9(12)10(13)14-2/h3,8-9H,1,4-7H2,2H3. The number of likely N-dealkylation sites (tertiary alicyclic amines) is 1. The van der Waals surface area contributed by atoms with Crippen LogP contribution in [-0.2, 0) is 9.53 Å². The summed E-state index contributed by atoms with van der Waals surface area (Å²) in [5.74, 6) is -0.339. The third-order valence-corrected chi connectivity index (χ3v) is 2.45. The highest BCUT2D eigenvalue weighted by Gasteiger charge is 2.36. The number of rotatable bonds is 4. The fourth-order valence-corrected chi connectivity index (χ4v) is 1.73. The Morgan fingerprint density at radius 3 is 3.07 bits per heavy atom. The predicted molar refractivity (Wildman–Crippen MR) is 51.7 cm³/mol. The maximum atomic E-state index is 13.1. The van der Waals surface area contributed by atoms with Gasteiger partial charge in [0.05, 0.1) is 7.11 Å². The number of halogens is 1. The number of esters is 1. The van der Waals surface area contributed by atoms with Gasteiger partial charge in [-0.3, -0.25) is 9.69 Å². The minimum absolute atomic E-state index is 0.254. The maximum absolute atomic E-state index is 13.1. The fourth-order valence-electron chi connectivity index (χ4n) is 1.73. The Hall–Kier alpha value is -0.900. The number of alkyl halides is 1. The lowest BCUT2D eigenvalue weighted by atomic mass is 10.2. The average molecular weight is 201 g/mol. The van der Waals surface area contributed by atoms with E-state index in [-0.39, 0.29) is 12.4 Å². The highest BCUT2D eigenvalue weighted by Crippen LogP contribution is 2.21. The SMILES string of the molecule is C=CCCN1CC(F)CC1C(=O)OC. The molecular weight excluding hydrogens is 185 g/mol. The van der Waals surface area contributed by atoms with Gasteiger partial charge in [0.2, 0.25) is 0 Å². The first-order valence-electron chi connectivity index (χ1n) is 4.76. The van der Waals surface area contributed by atoms with Crippen LogP contribution in [0.2, 0.25) is 0 Å². The molecule has 4 heteroatoms. The Morgan fingerprint density at radius 1 is 1.79 bits per heavy atom. The number of ether oxygens (including phenoxy) is 1. The van der Waals surface area contributed by atoms with Gasteiger partial charge in [0, 0.05) is 19.5 Å². The number of nitrogens with zero attached hydrogens (tertiary/aromatic N) is 1. The van der Waals surface area contributed by atoms with E-state index in [2.05, 4.69) is 11.3 Å². The molecule has 1 heterocycles. The average Bonchev–Trinajstić information content (AvgIpc) is 2.55. The van der Waals surface area contributed by atoms with Crippen molar-refractivity contribution in [3.63, 3.8) is 0 Å². The van der Waals surface area contributed by atoms with Gasteiger partial charge in [-0.25, -0.2) is 4.39 Å². The van der Waals surface area contributed by atoms with E-state index in [4.69, 9.17) is 0 Å². The summed E-state index contributed by atoms with van der Waals surface area (Å²) in [7, 11) is 1.33. The molecular formula is C10H16FNO2. The lowest BCUT2D eigenvalue weighted by Crippen LogP contribution is -2.37. The Kier molecular flexibility index (Phi) is 4.07. The molecule has 0 bridgehead atoms. The molecule has 1 fully saturated rings. The van der Waals surface area contributed by atoms with Gasteiger partial charge >= 0.3 is 5.97 Å². The first kappa shape index (κ1) is 11.2. The monoisotopic (exact) mass is 201 g/mol. The molecule has 0 N–H and O–H groups in total. The van der Waals surface area contributed by atoms with Crippen molar-refractivity contribution in [1.29, 1.82) is 0 Å². The van der Waals surface area contributed by atoms with Crippen LogP contribution in [0.4, 0.5) is 4.39 Å². The van der Waals surface area contributed by atoms with Gasteiger partial charge in [-0.1, -0.05) is 6.08 Å². The van der Waals surface area contributed by atoms with Crippen LogP contribution in [0.15, 0.2) is 12.7 Å². The molecule has 2 unspecified atom stereocenters. The van der Waals surface area contributed by atoms with Crippen LogP contribution in [0.5, 0.6) is 0 Å². The van der Waals surface area contributed by atoms with E-state index in [9.17, 15) is 9.18 Å². The molecule has 2 atom stereocenters. The fraction of sp³-hybridized carbons (Fsp3) is 0.700. The van der Waals surface area contributed by atoms with Crippen LogP contribution < -0.4 is 0 Å². The highest BCUT2D eigenvalue weighted by atomic mass is 19.1. The van der Waals surface area contributed by atoms with Crippen molar-refractivity contribution in [3.05, 3.63) is 12.7 Å². The van der Waals surface area contributed by atoms with Crippen molar-refractivity contribution in [2.75, 3.05) is 20.2 Å². The van der Waals surface area contributed by atoms with Crippen molar-refractivity contribution in [3.8, 4) is 0 Å². The predicted octanol–water partition coefficient (Wildman–Crippen LogP) is 1.15. The second-order valence-corrected chi connectivity index (χ2v) is 3.44. The lowest BCUT2D eigenvalue weighted by Gasteiger charge is -2.20. The van der Waals surface area contributed by atoms with Gasteiger partial charge in [0.25, 0.3) is 0 Å². The first-order valence-corrected chi connectivity index (χ1v) is 4.76. The summed E-state index contributed by atoms with van der Waals surface area (Å²) in [6.45, 7) is 4.59. The summed E-state index contributed by atoms with van der Waals surface area (Å²) in [5, 5.41) is 0. The van der Waals surface area contributed by atoms with Gasteiger partial charge in [-0.15, -0.1) is 6.58 Å². The van der Waals surface area contributed by atoms with Crippen molar-refractivity contribution in [2.45, 2.75) is 25.1 Å². The molecule has 1 aliphatic rings. The lowest BCUT2D eigenvalue weighted by molar-refractivity contribution is -0.145. The first-order chi connectivity index (χ1) is 6.69. The van der Waals surface area contributed by atoms with Crippen LogP contribution in [0.1, 0.15) is 12.8 Å². The number of hydrogen-bond acceptors (Lipinski definition) is 3. The Labute approximate surface area is 83.5 Å². The number of carbonyl (C=O) groups excluding carboxylic acids is 1. The van der Waals surface area contributed by atoms with Crippen LogP contribution in [0.25, 0.3) is 0 Å². The Morgan fingerprint density at radius 2 is 2.50 bits per heavy atom.